The van der Waals surface area contributed by atoms with Crippen LogP contribution in [0.1, 0.15) is 11.8 Å². The molecule has 2 heterocycles. The molecular formula is C15H17N3O4. The summed E-state index contributed by atoms with van der Waals surface area (Å²) in [6, 6.07) is 11.4. The van der Waals surface area contributed by atoms with Crippen molar-refractivity contribution in [2.24, 2.45) is 0 Å². The van der Waals surface area contributed by atoms with Crippen LogP contribution < -0.4 is 11.4 Å². The van der Waals surface area contributed by atoms with Crippen molar-refractivity contribution in [3.63, 3.8) is 0 Å². The highest BCUT2D eigenvalue weighted by Gasteiger charge is 2.28. The van der Waals surface area contributed by atoms with Gasteiger partial charge in [0.1, 0.15) is 5.82 Å². The highest BCUT2D eigenvalue weighted by Crippen LogP contribution is 2.20. The van der Waals surface area contributed by atoms with Crippen LogP contribution in [-0.2, 0) is 20.8 Å². The van der Waals surface area contributed by atoms with E-state index in [2.05, 4.69) is 4.98 Å². The van der Waals surface area contributed by atoms with Crippen LogP contribution in [0.3, 0.4) is 0 Å². The summed E-state index contributed by atoms with van der Waals surface area (Å²) < 4.78 is 18.0. The highest BCUT2D eigenvalue weighted by molar-refractivity contribution is 5.23. The summed E-state index contributed by atoms with van der Waals surface area (Å²) in [5.74, 6) is 0.183. The molecule has 0 radical (unpaired) electrons. The summed E-state index contributed by atoms with van der Waals surface area (Å²) in [5, 5.41) is 0. The van der Waals surface area contributed by atoms with E-state index in [-0.39, 0.29) is 12.4 Å². The largest absolute Gasteiger partial charge is 0.383 e. The van der Waals surface area contributed by atoms with E-state index in [9.17, 15) is 4.79 Å². The van der Waals surface area contributed by atoms with Crippen molar-refractivity contribution >= 4 is 5.82 Å². The molecule has 116 valence electrons. The molecule has 2 aromatic rings. The number of benzene rings is 1. The number of ether oxygens (including phenoxy) is 3. The van der Waals surface area contributed by atoms with Crippen LogP contribution >= 0.6 is 0 Å². The molecule has 7 heteroatoms. The van der Waals surface area contributed by atoms with Gasteiger partial charge in [-0.3, -0.25) is 4.57 Å². The Morgan fingerprint density at radius 3 is 2.91 bits per heavy atom. The first kappa shape index (κ1) is 14.7. The van der Waals surface area contributed by atoms with Crippen molar-refractivity contribution in [3.8, 4) is 0 Å². The molecule has 1 fully saturated rings. The molecule has 2 atom stereocenters. The minimum absolute atomic E-state index is 0.183. The van der Waals surface area contributed by atoms with Gasteiger partial charge in [0.2, 0.25) is 0 Å². The Balaban J connectivity index is 1.51. The maximum absolute atomic E-state index is 11.7. The van der Waals surface area contributed by atoms with E-state index >= 15 is 0 Å². The third kappa shape index (κ3) is 3.51. The number of nitrogens with zero attached hydrogens (tertiary/aromatic N) is 2. The van der Waals surface area contributed by atoms with Crippen LogP contribution in [0.5, 0.6) is 0 Å². The second kappa shape index (κ2) is 6.69. The fourth-order valence-corrected chi connectivity index (χ4v) is 2.17. The lowest BCUT2D eigenvalue weighted by Crippen LogP contribution is -2.28. The van der Waals surface area contributed by atoms with Crippen LogP contribution in [0.25, 0.3) is 0 Å². The maximum atomic E-state index is 11.7. The summed E-state index contributed by atoms with van der Waals surface area (Å²) in [4.78, 5) is 15.4. The van der Waals surface area contributed by atoms with Crippen LogP contribution in [0.4, 0.5) is 5.82 Å². The van der Waals surface area contributed by atoms with Gasteiger partial charge in [-0.25, -0.2) is 4.79 Å². The Kier molecular flexibility index (Phi) is 4.47. The smallest absolute Gasteiger partial charge is 0.351 e. The standard InChI is InChI=1S/C15H17N3O4/c16-12-6-7-18(15(19)17-12)13-9-21-14(22-13)10-20-8-11-4-2-1-3-5-11/h1-7,13-14H,8-10H2,(H2,16,17,19)/t13-,14-/m1/s1. The van der Waals surface area contributed by atoms with Gasteiger partial charge in [0.25, 0.3) is 0 Å². The molecule has 0 spiro atoms. The number of aromatic nitrogens is 2. The topological polar surface area (TPSA) is 88.6 Å². The predicted octanol–water partition coefficient (Wildman–Crippen LogP) is 0.914. The predicted molar refractivity (Wildman–Crippen MR) is 78.9 cm³/mol. The van der Waals surface area contributed by atoms with E-state index in [1.165, 1.54) is 4.57 Å². The fraction of sp³-hybridized carbons (Fsp3) is 0.333. The summed E-state index contributed by atoms with van der Waals surface area (Å²) in [5.41, 5.74) is 6.08. The molecule has 7 nitrogen and oxygen atoms in total. The number of rotatable bonds is 5. The molecule has 1 saturated heterocycles. The summed E-state index contributed by atoms with van der Waals surface area (Å²) in [6.45, 7) is 1.05. The molecule has 22 heavy (non-hydrogen) atoms. The average Bonchev–Trinajstić information content (AvgIpc) is 2.97. The molecule has 0 amide bonds. The maximum Gasteiger partial charge on any atom is 0.351 e. The molecule has 1 aromatic carbocycles. The first-order chi connectivity index (χ1) is 10.7. The fourth-order valence-electron chi connectivity index (χ4n) is 2.17. The summed E-state index contributed by atoms with van der Waals surface area (Å²) in [7, 11) is 0. The summed E-state index contributed by atoms with van der Waals surface area (Å²) >= 11 is 0. The van der Waals surface area contributed by atoms with Gasteiger partial charge in [-0.05, 0) is 11.6 Å². The van der Waals surface area contributed by atoms with E-state index in [4.69, 9.17) is 19.9 Å². The summed E-state index contributed by atoms with van der Waals surface area (Å²) in [6.07, 6.45) is 0.537. The normalized spacial score (nSPS) is 21.1. The average molecular weight is 303 g/mol. The van der Waals surface area contributed by atoms with Crippen LogP contribution in [0.15, 0.2) is 47.4 Å². The van der Waals surface area contributed by atoms with Gasteiger partial charge < -0.3 is 19.9 Å². The quantitative estimate of drug-likeness (QED) is 0.883. The van der Waals surface area contributed by atoms with Crippen LogP contribution in [-0.4, -0.2) is 29.1 Å². The Labute approximate surface area is 127 Å². The zero-order chi connectivity index (χ0) is 15.4. The number of nitrogens with two attached hydrogens (primary N) is 1. The zero-order valence-electron chi connectivity index (χ0n) is 11.9. The van der Waals surface area contributed by atoms with Gasteiger partial charge in [-0.2, -0.15) is 4.98 Å². The molecular weight excluding hydrogens is 286 g/mol. The zero-order valence-corrected chi connectivity index (χ0v) is 11.9. The third-order valence-corrected chi connectivity index (χ3v) is 3.26. The molecule has 0 saturated carbocycles. The van der Waals surface area contributed by atoms with E-state index in [0.29, 0.717) is 13.2 Å². The lowest BCUT2D eigenvalue weighted by atomic mass is 10.2. The lowest BCUT2D eigenvalue weighted by Gasteiger charge is -2.13. The molecule has 3 rings (SSSR count). The van der Waals surface area contributed by atoms with Crippen molar-refractivity contribution in [2.75, 3.05) is 18.9 Å². The van der Waals surface area contributed by atoms with Crippen LogP contribution in [0, 0.1) is 0 Å². The number of hydrogen-bond acceptors (Lipinski definition) is 6. The van der Waals surface area contributed by atoms with Crippen molar-refractivity contribution in [1.82, 2.24) is 9.55 Å². The van der Waals surface area contributed by atoms with Gasteiger partial charge in [0, 0.05) is 6.20 Å². The van der Waals surface area contributed by atoms with Gasteiger partial charge in [-0.1, -0.05) is 30.3 Å². The van der Waals surface area contributed by atoms with Crippen molar-refractivity contribution in [2.45, 2.75) is 19.1 Å². The monoisotopic (exact) mass is 303 g/mol. The van der Waals surface area contributed by atoms with E-state index < -0.39 is 18.2 Å². The third-order valence-electron chi connectivity index (χ3n) is 3.26. The van der Waals surface area contributed by atoms with E-state index in [1.807, 2.05) is 30.3 Å². The first-order valence-corrected chi connectivity index (χ1v) is 6.96. The van der Waals surface area contributed by atoms with Gasteiger partial charge in [0.05, 0.1) is 19.8 Å². The Hall–Kier alpha value is -2.22. The molecule has 1 aliphatic heterocycles. The van der Waals surface area contributed by atoms with Gasteiger partial charge in [0.15, 0.2) is 12.5 Å². The number of anilines is 1. The second-order valence-corrected chi connectivity index (χ2v) is 4.90. The van der Waals surface area contributed by atoms with Crippen molar-refractivity contribution in [3.05, 3.63) is 58.6 Å². The van der Waals surface area contributed by atoms with Gasteiger partial charge in [-0.15, -0.1) is 0 Å². The van der Waals surface area contributed by atoms with Crippen molar-refractivity contribution in [1.29, 1.82) is 0 Å². The van der Waals surface area contributed by atoms with E-state index in [1.54, 1.807) is 12.3 Å². The number of hydrogen-bond donors (Lipinski definition) is 1. The molecule has 0 unspecified atom stereocenters. The minimum Gasteiger partial charge on any atom is -0.383 e. The Morgan fingerprint density at radius 1 is 1.32 bits per heavy atom. The SMILES string of the molecule is Nc1ccn([C@H]2CO[C@@H](COCc3ccccc3)O2)c(=O)n1. The lowest BCUT2D eigenvalue weighted by molar-refractivity contribution is -0.118. The molecule has 1 aliphatic rings. The minimum atomic E-state index is -0.508. The van der Waals surface area contributed by atoms with Gasteiger partial charge >= 0.3 is 5.69 Å². The van der Waals surface area contributed by atoms with Crippen molar-refractivity contribution < 1.29 is 14.2 Å². The molecule has 1 aromatic heterocycles. The first-order valence-electron chi connectivity index (χ1n) is 6.96. The molecule has 2 N–H and O–H groups in total. The number of nitrogen functional groups attached to an aromatic ring is 1. The molecule has 0 bridgehead atoms. The van der Waals surface area contributed by atoms with E-state index in [0.717, 1.165) is 5.56 Å². The molecule has 0 aliphatic carbocycles. The Bertz CT molecular complexity index is 674. The Morgan fingerprint density at radius 2 is 2.14 bits per heavy atom. The second-order valence-electron chi connectivity index (χ2n) is 4.90. The van der Waals surface area contributed by atoms with Crippen LogP contribution in [0.2, 0.25) is 0 Å². The highest BCUT2D eigenvalue weighted by atomic mass is 16.7.